The molecule has 84 heavy (non-hydrogen) atoms. The Morgan fingerprint density at radius 1 is 0.298 bits per heavy atom. The number of thiophene rings is 2. The number of hydrogen-bond donors (Lipinski definition) is 0. The molecule has 2 aromatic heterocycles. The summed E-state index contributed by atoms with van der Waals surface area (Å²) in [6.45, 7) is 4.23. The van der Waals surface area contributed by atoms with E-state index in [2.05, 4.69) is 13.8 Å². The van der Waals surface area contributed by atoms with Gasteiger partial charge in [-0.1, -0.05) is 147 Å². The van der Waals surface area contributed by atoms with Crippen LogP contribution in [0, 0.1) is 0 Å². The maximum atomic E-state index is 15.6. The van der Waals surface area contributed by atoms with Crippen molar-refractivity contribution in [3.05, 3.63) is 262 Å². The molecule has 16 heteroatoms. The van der Waals surface area contributed by atoms with E-state index in [0.29, 0.717) is 33.0 Å². The summed E-state index contributed by atoms with van der Waals surface area (Å²) in [7, 11) is 0. The number of nitrogens with zero attached hydrogens (tertiary/aromatic N) is 2. The van der Waals surface area contributed by atoms with E-state index >= 15 is 26.3 Å². The first-order valence-electron chi connectivity index (χ1n) is 26.4. The molecule has 2 heterocycles. The highest BCUT2D eigenvalue weighted by Crippen LogP contribution is 2.64. The zero-order valence-electron chi connectivity index (χ0n) is 43.9. The number of benzene rings is 10. The molecule has 12 aromatic rings. The van der Waals surface area contributed by atoms with Crippen molar-refractivity contribution in [2.75, 3.05) is 9.80 Å². The zero-order valence-corrected chi connectivity index (χ0v) is 45.5. The van der Waals surface area contributed by atoms with E-state index in [-0.39, 0.29) is 63.7 Å². The van der Waals surface area contributed by atoms with Gasteiger partial charge < -0.3 is 9.80 Å². The number of anilines is 6. The number of hydrogen-bond acceptors (Lipinski definition) is 4. The molecule has 2 aliphatic carbocycles. The predicted octanol–water partition coefficient (Wildman–Crippen LogP) is 22.4. The minimum Gasteiger partial charge on any atom is -0.308 e. The first-order valence-corrected chi connectivity index (χ1v) is 28.1. The third-order valence-corrected chi connectivity index (χ3v) is 19.2. The highest BCUT2D eigenvalue weighted by atomic mass is 32.1. The van der Waals surface area contributed by atoms with E-state index in [4.69, 9.17) is 0 Å². The Kier molecular flexibility index (Phi) is 11.7. The molecule has 0 N–H and O–H groups in total. The smallest absolute Gasteiger partial charge is 0.308 e. The van der Waals surface area contributed by atoms with Crippen molar-refractivity contribution in [3.8, 4) is 11.1 Å². The average Bonchev–Trinajstić information content (AvgIpc) is 1.44. The normalized spacial score (nSPS) is 14.5. The molecule has 0 atom stereocenters. The second kappa shape index (κ2) is 18.4. The van der Waals surface area contributed by atoms with Crippen LogP contribution in [-0.2, 0) is 35.5 Å². The molecule has 0 unspecified atom stereocenters. The van der Waals surface area contributed by atoms with Gasteiger partial charge >= 0.3 is 24.7 Å². The fraction of sp³-hybridized carbons (Fsp3) is 0.118. The van der Waals surface area contributed by atoms with E-state index in [1.807, 2.05) is 60.7 Å². The maximum Gasteiger partial charge on any atom is 0.418 e. The first-order chi connectivity index (χ1) is 40.0. The number of alkyl halides is 12. The average molecular weight is 1180 g/mol. The van der Waals surface area contributed by atoms with Crippen molar-refractivity contribution in [2.24, 2.45) is 0 Å². The standard InChI is InChI=1S/C68H40F12N2S2/c1-63(2)47-19-3-5-21-49(47)64(50-22-6-4-20-48(50)63)45-33-31-37(81(55-27-9-7-23-51(55)65(69,70)71)57-29-13-17-41-39-15-11-25-53(67(75,76)77)59(39)83-61(41)57)35-43(45)44-36-38(32-34-46(44)64)82(56-28-10-8-24-52(56)66(72,73)74)58-30-14-18-42-40-16-12-26-54(68(78,79)80)60(40)84-62(42)58/h3-36H,1-2H3. The molecule has 14 rings (SSSR count). The molecule has 0 saturated carbocycles. The lowest BCUT2D eigenvalue weighted by Crippen LogP contribution is -2.40. The van der Waals surface area contributed by atoms with Crippen LogP contribution in [0.5, 0.6) is 0 Å². The fourth-order valence-corrected chi connectivity index (χ4v) is 15.9. The number of para-hydroxylation sites is 2. The number of fused-ring (bicyclic) bond motifs is 15. The Labute approximate surface area is 479 Å². The minimum absolute atomic E-state index is 0.102. The second-order valence-corrected chi connectivity index (χ2v) is 23.5. The Morgan fingerprint density at radius 3 is 0.988 bits per heavy atom. The Bertz CT molecular complexity index is 4400. The van der Waals surface area contributed by atoms with Crippen LogP contribution >= 0.6 is 22.7 Å². The van der Waals surface area contributed by atoms with Crippen LogP contribution in [0.4, 0.5) is 86.8 Å². The fourth-order valence-electron chi connectivity index (χ4n) is 13.2. The van der Waals surface area contributed by atoms with Crippen LogP contribution < -0.4 is 9.80 Å². The summed E-state index contributed by atoms with van der Waals surface area (Å²) in [6, 6.07) is 53.5. The SMILES string of the molecule is CC1(C)c2ccccc2C2(c3ccc(N(c4ccccc4C(F)(F)F)c4cccc5c4sc4c(C(F)(F)F)cccc45)cc3-c3cc(N(c4ccccc4C(F)(F)F)c4cccc5c4sc4c(C(F)(F)F)cccc45)ccc32)c2ccccc21. The third kappa shape index (κ3) is 7.85. The summed E-state index contributed by atoms with van der Waals surface area (Å²) < 4.78 is 182. The van der Waals surface area contributed by atoms with Crippen LogP contribution in [0.25, 0.3) is 51.5 Å². The van der Waals surface area contributed by atoms with Gasteiger partial charge in [0.05, 0.1) is 59.8 Å². The summed E-state index contributed by atoms with van der Waals surface area (Å²) in [5.41, 5.74) is 0.341. The monoisotopic (exact) mass is 1180 g/mol. The van der Waals surface area contributed by atoms with Crippen LogP contribution in [-0.4, -0.2) is 0 Å². The Balaban J connectivity index is 1.09. The van der Waals surface area contributed by atoms with Gasteiger partial charge in [0.15, 0.2) is 0 Å². The lowest BCUT2D eigenvalue weighted by atomic mass is 9.55. The van der Waals surface area contributed by atoms with E-state index in [1.165, 1.54) is 58.3 Å². The topological polar surface area (TPSA) is 6.48 Å². The summed E-state index contributed by atoms with van der Waals surface area (Å²) >= 11 is 1.63. The molecule has 0 saturated heterocycles. The van der Waals surface area contributed by atoms with Crippen LogP contribution in [0.3, 0.4) is 0 Å². The van der Waals surface area contributed by atoms with Gasteiger partial charge in [-0.2, -0.15) is 52.7 Å². The van der Waals surface area contributed by atoms with Crippen molar-refractivity contribution >= 4 is 97.1 Å². The van der Waals surface area contributed by atoms with Crippen molar-refractivity contribution < 1.29 is 52.7 Å². The van der Waals surface area contributed by atoms with Gasteiger partial charge in [-0.3, -0.25) is 0 Å². The number of rotatable bonds is 6. The van der Waals surface area contributed by atoms with Gasteiger partial charge in [-0.15, -0.1) is 22.7 Å². The zero-order chi connectivity index (χ0) is 58.6. The van der Waals surface area contributed by atoms with E-state index in [9.17, 15) is 26.3 Å². The molecule has 2 nitrogen and oxygen atoms in total. The molecular weight excluding hydrogens is 1140 g/mol. The molecule has 1 spiro atoms. The van der Waals surface area contributed by atoms with Crippen LogP contribution in [0.2, 0.25) is 0 Å². The van der Waals surface area contributed by atoms with Crippen LogP contribution in [0.1, 0.15) is 69.5 Å². The highest BCUT2D eigenvalue weighted by Gasteiger charge is 2.54. The minimum atomic E-state index is -4.93. The quantitative estimate of drug-likeness (QED) is 0.153. The van der Waals surface area contributed by atoms with Crippen molar-refractivity contribution in [1.82, 2.24) is 0 Å². The Morgan fingerprint density at radius 2 is 0.607 bits per heavy atom. The van der Waals surface area contributed by atoms with E-state index in [1.54, 1.807) is 72.8 Å². The summed E-state index contributed by atoms with van der Waals surface area (Å²) in [5.74, 6) is 0. The molecule has 418 valence electrons. The van der Waals surface area contributed by atoms with Gasteiger partial charge in [-0.05, 0) is 117 Å². The van der Waals surface area contributed by atoms with Gasteiger partial charge in [0.1, 0.15) is 0 Å². The largest absolute Gasteiger partial charge is 0.418 e. The van der Waals surface area contributed by atoms with Crippen LogP contribution in [0.15, 0.2) is 206 Å². The van der Waals surface area contributed by atoms with Gasteiger partial charge in [0.25, 0.3) is 0 Å². The summed E-state index contributed by atoms with van der Waals surface area (Å²) in [6.07, 6.45) is -19.4. The predicted molar refractivity (Wildman–Crippen MR) is 311 cm³/mol. The molecule has 0 amide bonds. The lowest BCUT2D eigenvalue weighted by molar-refractivity contribution is -0.137. The molecular formula is C68H40F12N2S2. The van der Waals surface area contributed by atoms with Gasteiger partial charge in [0.2, 0.25) is 0 Å². The number of halogens is 12. The second-order valence-electron chi connectivity index (χ2n) is 21.5. The highest BCUT2D eigenvalue weighted by molar-refractivity contribution is 7.27. The first kappa shape index (κ1) is 53.4. The molecule has 0 bridgehead atoms. The van der Waals surface area contributed by atoms with Crippen molar-refractivity contribution in [2.45, 2.75) is 49.4 Å². The van der Waals surface area contributed by atoms with Crippen molar-refractivity contribution in [3.63, 3.8) is 0 Å². The molecule has 0 fully saturated rings. The maximum absolute atomic E-state index is 15.6. The van der Waals surface area contributed by atoms with Crippen molar-refractivity contribution in [1.29, 1.82) is 0 Å². The Hall–Kier alpha value is -8.60. The third-order valence-electron chi connectivity index (χ3n) is 16.6. The molecule has 10 aromatic carbocycles. The lowest BCUT2D eigenvalue weighted by Gasteiger charge is -2.46. The molecule has 0 radical (unpaired) electrons. The van der Waals surface area contributed by atoms with Gasteiger partial charge in [-0.25, -0.2) is 0 Å². The molecule has 2 aliphatic rings. The summed E-state index contributed by atoms with van der Waals surface area (Å²) in [5, 5.41) is 1.27. The summed E-state index contributed by atoms with van der Waals surface area (Å²) in [4.78, 5) is 2.80. The van der Waals surface area contributed by atoms with E-state index in [0.717, 1.165) is 69.2 Å². The van der Waals surface area contributed by atoms with Gasteiger partial charge in [0, 0.05) is 47.7 Å². The van der Waals surface area contributed by atoms with E-state index < -0.39 is 57.8 Å². The molecule has 0 aliphatic heterocycles.